The van der Waals surface area contributed by atoms with Crippen molar-refractivity contribution in [3.05, 3.63) is 0 Å². The topological polar surface area (TPSA) is 55.5 Å². The van der Waals surface area contributed by atoms with Crippen molar-refractivity contribution < 1.29 is 9.84 Å². The molecule has 0 radical (unpaired) electrons. The van der Waals surface area contributed by atoms with Gasteiger partial charge in [-0.25, -0.2) is 0 Å². The third-order valence-electron chi connectivity index (χ3n) is 5.17. The van der Waals surface area contributed by atoms with Crippen LogP contribution >= 0.6 is 0 Å². The van der Waals surface area contributed by atoms with Crippen molar-refractivity contribution in [2.45, 2.75) is 50.7 Å². The van der Waals surface area contributed by atoms with E-state index in [0.717, 1.165) is 23.7 Å². The quantitative estimate of drug-likeness (QED) is 0.782. The van der Waals surface area contributed by atoms with Gasteiger partial charge in [0.05, 0.1) is 18.3 Å². The largest absolute Gasteiger partial charge is 0.386 e. The molecule has 0 heterocycles. The molecule has 4 aliphatic carbocycles. The Bertz CT molecular complexity index is 262. The van der Waals surface area contributed by atoms with Gasteiger partial charge in [0, 0.05) is 6.54 Å². The van der Waals surface area contributed by atoms with Crippen LogP contribution in [0.3, 0.4) is 0 Å². The maximum atomic E-state index is 9.93. The zero-order chi connectivity index (χ0) is 12.0. The van der Waals surface area contributed by atoms with E-state index in [4.69, 9.17) is 10.5 Å². The summed E-state index contributed by atoms with van der Waals surface area (Å²) < 4.78 is 6.04. The van der Waals surface area contributed by atoms with E-state index < -0.39 is 5.60 Å². The second-order valence-corrected chi connectivity index (χ2v) is 6.91. The fraction of sp³-hybridized carbons (Fsp3) is 1.00. The van der Waals surface area contributed by atoms with Gasteiger partial charge >= 0.3 is 0 Å². The van der Waals surface area contributed by atoms with Crippen LogP contribution in [0.1, 0.15) is 39.0 Å². The Morgan fingerprint density at radius 1 is 1.12 bits per heavy atom. The highest BCUT2D eigenvalue weighted by Crippen LogP contribution is 2.54. The van der Waals surface area contributed by atoms with Gasteiger partial charge in [0.1, 0.15) is 0 Å². The number of hydrogen-bond acceptors (Lipinski definition) is 3. The molecule has 0 spiro atoms. The average molecular weight is 239 g/mol. The van der Waals surface area contributed by atoms with Crippen LogP contribution < -0.4 is 5.73 Å². The summed E-state index contributed by atoms with van der Waals surface area (Å²) >= 11 is 0. The van der Waals surface area contributed by atoms with Gasteiger partial charge in [-0.2, -0.15) is 0 Å². The zero-order valence-corrected chi connectivity index (χ0v) is 10.8. The SMILES string of the molecule is CC(O)(CN)COC1C2CC3CC(C2)CC1C3. The molecule has 4 bridgehead atoms. The van der Waals surface area contributed by atoms with Crippen molar-refractivity contribution in [1.29, 1.82) is 0 Å². The van der Waals surface area contributed by atoms with Crippen molar-refractivity contribution in [3.63, 3.8) is 0 Å². The Morgan fingerprint density at radius 2 is 1.65 bits per heavy atom. The first-order valence-electron chi connectivity index (χ1n) is 7.11. The van der Waals surface area contributed by atoms with Crippen molar-refractivity contribution >= 4 is 0 Å². The third kappa shape index (κ3) is 2.25. The summed E-state index contributed by atoms with van der Waals surface area (Å²) in [5, 5.41) is 9.93. The molecule has 3 heteroatoms. The van der Waals surface area contributed by atoms with Crippen LogP contribution in [-0.2, 0) is 4.74 Å². The molecule has 0 aromatic carbocycles. The molecule has 98 valence electrons. The molecule has 3 nitrogen and oxygen atoms in total. The van der Waals surface area contributed by atoms with E-state index in [2.05, 4.69) is 0 Å². The van der Waals surface area contributed by atoms with Gasteiger partial charge in [-0.1, -0.05) is 0 Å². The summed E-state index contributed by atoms with van der Waals surface area (Å²) in [5.74, 6) is 3.49. The lowest BCUT2D eigenvalue weighted by Gasteiger charge is -2.54. The van der Waals surface area contributed by atoms with E-state index in [1.807, 2.05) is 0 Å². The Kier molecular flexibility index (Phi) is 2.96. The van der Waals surface area contributed by atoms with E-state index in [1.54, 1.807) is 6.92 Å². The lowest BCUT2D eigenvalue weighted by molar-refractivity contribution is -0.153. The van der Waals surface area contributed by atoms with Gasteiger partial charge < -0.3 is 15.6 Å². The van der Waals surface area contributed by atoms with Gasteiger partial charge in [-0.05, 0) is 62.7 Å². The first kappa shape index (κ1) is 11.9. The van der Waals surface area contributed by atoms with Gasteiger partial charge in [0.25, 0.3) is 0 Å². The summed E-state index contributed by atoms with van der Waals surface area (Å²) in [6.45, 7) is 2.44. The zero-order valence-electron chi connectivity index (χ0n) is 10.8. The number of hydrogen-bond donors (Lipinski definition) is 2. The van der Waals surface area contributed by atoms with E-state index in [-0.39, 0.29) is 6.54 Å². The van der Waals surface area contributed by atoms with E-state index >= 15 is 0 Å². The van der Waals surface area contributed by atoms with Crippen molar-refractivity contribution in [2.24, 2.45) is 29.4 Å². The van der Waals surface area contributed by atoms with Crippen LogP contribution in [0.2, 0.25) is 0 Å². The molecule has 17 heavy (non-hydrogen) atoms. The molecule has 1 unspecified atom stereocenters. The highest BCUT2D eigenvalue weighted by Gasteiger charge is 2.49. The van der Waals surface area contributed by atoms with E-state index in [1.165, 1.54) is 32.1 Å². The summed E-state index contributed by atoms with van der Waals surface area (Å²) in [7, 11) is 0. The fourth-order valence-corrected chi connectivity index (χ4v) is 4.48. The standard InChI is InChI=1S/C14H25NO2/c1-14(16,7-15)8-17-13-11-3-9-2-10(5-11)6-12(13)4-9/h9-13,16H,2-8,15H2,1H3. The highest BCUT2D eigenvalue weighted by atomic mass is 16.5. The van der Waals surface area contributed by atoms with Gasteiger partial charge in [-0.3, -0.25) is 0 Å². The van der Waals surface area contributed by atoms with Crippen molar-refractivity contribution in [2.75, 3.05) is 13.2 Å². The smallest absolute Gasteiger partial charge is 0.0973 e. The van der Waals surface area contributed by atoms with Crippen LogP contribution in [-0.4, -0.2) is 30.0 Å². The Morgan fingerprint density at radius 3 is 2.12 bits per heavy atom. The van der Waals surface area contributed by atoms with Crippen LogP contribution in [0.5, 0.6) is 0 Å². The second kappa shape index (κ2) is 4.22. The van der Waals surface area contributed by atoms with Crippen LogP contribution in [0.15, 0.2) is 0 Å². The number of nitrogens with two attached hydrogens (primary N) is 1. The predicted molar refractivity (Wildman–Crippen MR) is 66.5 cm³/mol. The van der Waals surface area contributed by atoms with E-state index in [0.29, 0.717) is 12.7 Å². The summed E-state index contributed by atoms with van der Waals surface area (Å²) in [5.41, 5.74) is 4.68. The lowest BCUT2D eigenvalue weighted by atomic mass is 9.55. The summed E-state index contributed by atoms with van der Waals surface area (Å²) in [6.07, 6.45) is 7.33. The minimum Gasteiger partial charge on any atom is -0.386 e. The molecule has 1 atom stereocenters. The summed E-state index contributed by atoms with van der Waals surface area (Å²) in [6, 6.07) is 0. The van der Waals surface area contributed by atoms with Crippen LogP contribution in [0.25, 0.3) is 0 Å². The Hall–Kier alpha value is -0.120. The molecular formula is C14H25NO2. The molecule has 0 aliphatic heterocycles. The maximum absolute atomic E-state index is 9.93. The Labute approximate surface area is 104 Å². The molecule has 4 saturated carbocycles. The number of rotatable bonds is 4. The van der Waals surface area contributed by atoms with Gasteiger partial charge in [-0.15, -0.1) is 0 Å². The predicted octanol–water partition coefficient (Wildman–Crippen LogP) is 1.54. The van der Waals surface area contributed by atoms with E-state index in [9.17, 15) is 5.11 Å². The van der Waals surface area contributed by atoms with Crippen molar-refractivity contribution in [3.8, 4) is 0 Å². The summed E-state index contributed by atoms with van der Waals surface area (Å²) in [4.78, 5) is 0. The molecule has 0 saturated heterocycles. The highest BCUT2D eigenvalue weighted by molar-refractivity contribution is 4.99. The molecule has 4 aliphatic rings. The van der Waals surface area contributed by atoms with Gasteiger partial charge in [0.15, 0.2) is 0 Å². The van der Waals surface area contributed by atoms with Crippen LogP contribution in [0, 0.1) is 23.7 Å². The third-order valence-corrected chi connectivity index (χ3v) is 5.17. The average Bonchev–Trinajstić information content (AvgIpc) is 2.27. The number of aliphatic hydroxyl groups is 1. The van der Waals surface area contributed by atoms with Crippen molar-refractivity contribution in [1.82, 2.24) is 0 Å². The fourth-order valence-electron chi connectivity index (χ4n) is 4.48. The maximum Gasteiger partial charge on any atom is 0.0973 e. The normalized spacial score (nSPS) is 47.1. The molecule has 0 aromatic heterocycles. The van der Waals surface area contributed by atoms with Crippen LogP contribution in [0.4, 0.5) is 0 Å². The van der Waals surface area contributed by atoms with Gasteiger partial charge in [0.2, 0.25) is 0 Å². The molecule has 4 fully saturated rings. The molecular weight excluding hydrogens is 214 g/mol. The lowest BCUT2D eigenvalue weighted by Crippen LogP contribution is -2.51. The minimum atomic E-state index is -0.853. The second-order valence-electron chi connectivity index (χ2n) is 6.91. The molecule has 0 aromatic rings. The first-order valence-corrected chi connectivity index (χ1v) is 7.11. The Balaban J connectivity index is 1.61. The number of ether oxygens (including phenoxy) is 1. The minimum absolute atomic E-state index is 0.278. The molecule has 3 N–H and O–H groups in total. The monoisotopic (exact) mass is 239 g/mol. The molecule has 0 amide bonds. The first-order chi connectivity index (χ1) is 8.07. The molecule has 4 rings (SSSR count).